The summed E-state index contributed by atoms with van der Waals surface area (Å²) in [7, 11) is 1.38. The van der Waals surface area contributed by atoms with Crippen molar-refractivity contribution in [1.82, 2.24) is 47.8 Å². The largest absolute Gasteiger partial charge is 0.386 e. The van der Waals surface area contributed by atoms with Crippen molar-refractivity contribution in [2.45, 2.75) is 258 Å². The van der Waals surface area contributed by atoms with E-state index in [1.54, 1.807) is 4.57 Å². The second-order valence-corrected chi connectivity index (χ2v) is 27.8. The van der Waals surface area contributed by atoms with Crippen molar-refractivity contribution in [3.8, 4) is 0 Å². The molecule has 4 aliphatic rings. The van der Waals surface area contributed by atoms with Gasteiger partial charge >= 0.3 is 17.1 Å². The third-order valence-corrected chi connectivity index (χ3v) is 16.3. The summed E-state index contributed by atoms with van der Waals surface area (Å²) in [5.74, 6) is 0.201. The molecule has 5 aromatic rings. The smallest absolute Gasteiger partial charge is 0.332 e. The number of ether oxygens (including phenoxy) is 12. The molecule has 4 aliphatic heterocycles. The number of nitrogens with two attached hydrogens (primary N) is 2. The molecule has 552 valence electrons. The van der Waals surface area contributed by atoms with Crippen LogP contribution >= 0.6 is 38.5 Å². The highest BCUT2D eigenvalue weighted by molar-refractivity contribution is 14.1. The van der Waals surface area contributed by atoms with Crippen LogP contribution < -0.4 is 45.2 Å². The van der Waals surface area contributed by atoms with Crippen molar-refractivity contribution in [2.24, 2.45) is 7.05 Å². The Morgan fingerprint density at radius 3 is 1.23 bits per heavy atom. The van der Waals surface area contributed by atoms with E-state index in [-0.39, 0.29) is 84.9 Å². The number of aromatic nitrogens is 10. The van der Waals surface area contributed by atoms with Gasteiger partial charge < -0.3 is 88.7 Å². The lowest BCUT2D eigenvalue weighted by Crippen LogP contribution is -2.42. The van der Waals surface area contributed by atoms with Gasteiger partial charge in [-0.05, 0) is 149 Å². The first-order valence-electron chi connectivity index (χ1n) is 32.4. The second kappa shape index (κ2) is 36.6. The lowest BCUT2D eigenvalue weighted by molar-refractivity contribution is -0.0980. The van der Waals surface area contributed by atoms with Crippen LogP contribution in [0.2, 0.25) is 0 Å². The van der Waals surface area contributed by atoms with E-state index in [0.717, 1.165) is 9.13 Å². The molecule has 10 N–H and O–H groups in total. The molecule has 9 heterocycles. The predicted molar refractivity (Wildman–Crippen MR) is 367 cm³/mol. The zero-order valence-electron chi connectivity index (χ0n) is 58.2. The number of rotatable bonds is 24. The number of imidazole rings is 1. The van der Waals surface area contributed by atoms with Crippen molar-refractivity contribution in [2.75, 3.05) is 37.9 Å². The summed E-state index contributed by atoms with van der Waals surface area (Å²) in [4.78, 5) is 87.6. The van der Waals surface area contributed by atoms with Gasteiger partial charge in [0.25, 0.3) is 16.7 Å². The zero-order valence-corrected chi connectivity index (χ0v) is 61.9. The number of nitrogens with zero attached hydrogens (tertiary/aromatic N) is 8. The van der Waals surface area contributed by atoms with Crippen LogP contribution in [0, 0.1) is 3.57 Å². The Morgan fingerprint density at radius 2 is 0.867 bits per heavy atom. The molecule has 4 saturated heterocycles. The lowest BCUT2D eigenvalue weighted by atomic mass is 10.1. The lowest BCUT2D eigenvalue weighted by Gasteiger charge is -2.23. The van der Waals surface area contributed by atoms with E-state index in [1.165, 1.54) is 47.2 Å². The fraction of sp³-hybridized carbons (Fsp3) is 0.726. The zero-order chi connectivity index (χ0) is 73.1. The topological polar surface area (TPSA) is 441 Å². The van der Waals surface area contributed by atoms with E-state index < -0.39 is 132 Å². The molecule has 98 heavy (non-hydrogen) atoms. The number of aliphatic hydroxyl groups excluding tert-OH is 4. The van der Waals surface area contributed by atoms with Gasteiger partial charge in [-0.2, -0.15) is 9.97 Å². The summed E-state index contributed by atoms with van der Waals surface area (Å²) < 4.78 is 75.7. The molecule has 0 radical (unpaired) electrons. The molecule has 16 atom stereocenters. The first kappa shape index (κ1) is 81.7. The predicted octanol–water partition coefficient (Wildman–Crippen LogP) is 1.89. The van der Waals surface area contributed by atoms with Crippen LogP contribution in [0.5, 0.6) is 0 Å². The molecule has 4 fully saturated rings. The van der Waals surface area contributed by atoms with Gasteiger partial charge in [0.05, 0.1) is 89.6 Å². The molecule has 34 nitrogen and oxygen atoms in total. The Balaban J connectivity index is 0.000000206. The Kier molecular flexibility index (Phi) is 30.5. The van der Waals surface area contributed by atoms with Gasteiger partial charge in [0.1, 0.15) is 78.8 Å². The minimum absolute atomic E-state index is 0.00115. The molecular formula is C62H98BrIN12O22. The van der Waals surface area contributed by atoms with E-state index in [2.05, 4.69) is 40.8 Å². The van der Waals surface area contributed by atoms with Crippen molar-refractivity contribution < 1.29 is 77.3 Å². The van der Waals surface area contributed by atoms with Crippen molar-refractivity contribution >= 4 is 61.5 Å². The summed E-state index contributed by atoms with van der Waals surface area (Å²) in [6, 6.07) is 1.26. The third-order valence-electron chi connectivity index (χ3n) is 15.0. The van der Waals surface area contributed by atoms with Crippen LogP contribution in [-0.4, -0.2) is 217 Å². The first-order valence-corrected chi connectivity index (χ1v) is 34.3. The number of nitrogen functional groups attached to an aromatic ring is 2. The van der Waals surface area contributed by atoms with Crippen LogP contribution in [-0.2, 0) is 63.9 Å². The minimum atomic E-state index is -1.08. The van der Waals surface area contributed by atoms with Gasteiger partial charge in [0.15, 0.2) is 36.4 Å². The molecule has 9 rings (SSSR count). The maximum atomic E-state index is 12.3. The van der Waals surface area contributed by atoms with E-state index in [4.69, 9.17) is 68.3 Å². The summed E-state index contributed by atoms with van der Waals surface area (Å²) in [6.45, 7) is 31.2. The van der Waals surface area contributed by atoms with Gasteiger partial charge in [-0.15, -0.1) is 0 Å². The number of aliphatic hydroxyl groups is 4. The summed E-state index contributed by atoms with van der Waals surface area (Å²) >= 11 is 4.89. The van der Waals surface area contributed by atoms with Crippen molar-refractivity contribution in [3.63, 3.8) is 0 Å². The van der Waals surface area contributed by atoms with E-state index in [9.17, 15) is 49.2 Å². The van der Waals surface area contributed by atoms with E-state index in [0.29, 0.717) is 21.3 Å². The Morgan fingerprint density at radius 1 is 0.520 bits per heavy atom. The fourth-order valence-corrected chi connectivity index (χ4v) is 11.4. The molecule has 0 amide bonds. The molecule has 0 spiro atoms. The van der Waals surface area contributed by atoms with Crippen molar-refractivity contribution in [1.29, 1.82) is 0 Å². The number of hydrogen-bond donors (Lipinski definition) is 8. The van der Waals surface area contributed by atoms with Crippen LogP contribution in [0.3, 0.4) is 0 Å². The minimum Gasteiger partial charge on any atom is -0.386 e. The Labute approximate surface area is 587 Å². The fourth-order valence-electron chi connectivity index (χ4n) is 10.6. The quantitative estimate of drug-likeness (QED) is 0.0409. The van der Waals surface area contributed by atoms with Crippen molar-refractivity contribution in [3.05, 3.63) is 102 Å². The second-order valence-electron chi connectivity index (χ2n) is 25.8. The molecule has 0 bridgehead atoms. The van der Waals surface area contributed by atoms with Gasteiger partial charge in [-0.3, -0.25) is 47.2 Å². The van der Waals surface area contributed by atoms with Crippen LogP contribution in [0.25, 0.3) is 11.2 Å². The highest BCUT2D eigenvalue weighted by Gasteiger charge is 2.50. The third kappa shape index (κ3) is 21.4. The number of halogens is 2. The molecule has 0 saturated carbocycles. The average Bonchev–Trinajstić information content (AvgIpc) is 1.63. The Bertz CT molecular complexity index is 3550. The summed E-state index contributed by atoms with van der Waals surface area (Å²) in [6.07, 6.45) is -7.13. The Hall–Kier alpha value is -5.24. The number of aromatic amines is 2. The molecule has 5 aromatic heterocycles. The van der Waals surface area contributed by atoms with Crippen LogP contribution in [0.1, 0.15) is 136 Å². The normalized spacial score (nSPS) is 27.1. The number of nitrogens with one attached hydrogen (secondary N) is 2. The highest BCUT2D eigenvalue weighted by Crippen LogP contribution is 2.37. The molecule has 4 unspecified atom stereocenters. The summed E-state index contributed by atoms with van der Waals surface area (Å²) in [5.41, 5.74) is 9.05. The number of fused-ring (bicyclic) bond motifs is 1. The maximum Gasteiger partial charge on any atom is 0.332 e. The van der Waals surface area contributed by atoms with Gasteiger partial charge in [0, 0.05) is 31.7 Å². The molecular weight excluding hydrogens is 1470 g/mol. The van der Waals surface area contributed by atoms with Gasteiger partial charge in [-0.1, -0.05) is 0 Å². The molecule has 36 heteroatoms. The standard InChI is InChI=1S/C16H26N6O4.C16H26N2O6.C15H23BrN2O6.C15H23IN2O6/c1-7(2)24-5-9-12(25-8(3)4)11(23)15(26-9)22-6-19-10-13(17)20-16(18)21-14(10)22;1-9(2)22-8-11-14(23-10(3)4)13(20)15(24-11)18-7-6-12(19)17(5)16(18)21;2*1-7(2)22-6-10-12(23-8(3)4)11(19)14(24-10)18-5-9(16)13(20)17-15(18)21/h6-9,11-12,15,23H,5H2,1-4H3,(H4,17,18,20,21);6-7,9-11,13-15,20H,8H2,1-5H3;2*5,7-8,10-12,14,19H,6H2,1-4H3,(H,17,20,21)/t9-,11?,12+,15-;11-,13?,14+,15-;2*10-,11?,12+,14-/m1111/s1. The monoisotopic (exact) mass is 1570 g/mol. The van der Waals surface area contributed by atoms with Gasteiger partial charge in [-0.25, -0.2) is 19.4 Å². The van der Waals surface area contributed by atoms with Crippen LogP contribution in [0.15, 0.2) is 64.2 Å². The summed E-state index contributed by atoms with van der Waals surface area (Å²) in [5, 5.41) is 42.7. The number of anilines is 2. The van der Waals surface area contributed by atoms with Gasteiger partial charge in [0.2, 0.25) is 5.95 Å². The number of H-pyrrole nitrogens is 2. The first-order chi connectivity index (χ1) is 45.9. The maximum absolute atomic E-state index is 12.3. The highest BCUT2D eigenvalue weighted by atomic mass is 127. The average molecular weight is 1570 g/mol. The molecule has 0 aliphatic carbocycles. The number of hydrogen-bond acceptors (Lipinski definition) is 27. The SMILES string of the molecule is CC(C)OC[C@H]1O[C@@H](n2cc(Br)c(=O)[nH]c2=O)C(O)[C@H]1OC(C)C.CC(C)OC[C@H]1O[C@@H](n2cc(I)c(=O)[nH]c2=O)C(O)[C@H]1OC(C)C.CC(C)OC[C@H]1O[C@@H](n2ccc(=O)n(C)c2=O)C(O)[C@H]1OC(C)C.CC(C)OC[C@H]1O[C@@H](n2cnc3c(N)nc(N)nc32)C(O)[C@H]1OC(C)C. The van der Waals surface area contributed by atoms with E-state index >= 15 is 0 Å². The molecule has 0 aromatic carbocycles. The van der Waals surface area contributed by atoms with Crippen LogP contribution in [0.4, 0.5) is 11.8 Å². The van der Waals surface area contributed by atoms with E-state index in [1.807, 2.05) is 133 Å².